The Bertz CT molecular complexity index is 968. The molecular formula is C19H24N4O4. The van der Waals surface area contributed by atoms with E-state index in [4.69, 9.17) is 4.74 Å². The maximum absolute atomic E-state index is 12.9. The molecular weight excluding hydrogens is 348 g/mol. The van der Waals surface area contributed by atoms with Gasteiger partial charge in [-0.2, -0.15) is 0 Å². The lowest BCUT2D eigenvalue weighted by Gasteiger charge is -2.37. The van der Waals surface area contributed by atoms with Gasteiger partial charge < -0.3 is 10.1 Å². The summed E-state index contributed by atoms with van der Waals surface area (Å²) in [4.78, 5) is 36.6. The van der Waals surface area contributed by atoms with E-state index >= 15 is 0 Å². The Morgan fingerprint density at radius 1 is 1.15 bits per heavy atom. The summed E-state index contributed by atoms with van der Waals surface area (Å²) in [6, 6.07) is 5.20. The summed E-state index contributed by atoms with van der Waals surface area (Å²) in [5, 5.41) is 5.68. The number of nitrogens with one attached hydrogen (secondary N) is 2. The third-order valence-electron chi connectivity index (χ3n) is 5.94. The minimum atomic E-state index is -0.667. The molecule has 4 rings (SSSR count). The zero-order chi connectivity index (χ0) is 19.2. The molecule has 1 aromatic heterocycles. The Balaban J connectivity index is 1.82. The Labute approximate surface area is 156 Å². The molecule has 27 heavy (non-hydrogen) atoms. The highest BCUT2D eigenvalue weighted by molar-refractivity contribution is 6.00. The topological polar surface area (TPSA) is 94.4 Å². The number of hydrogen-bond acceptors (Lipinski definition) is 5. The molecule has 8 nitrogen and oxygen atoms in total. The molecule has 0 spiro atoms. The van der Waals surface area contributed by atoms with Gasteiger partial charge in [0.15, 0.2) is 0 Å². The molecule has 3 heterocycles. The van der Waals surface area contributed by atoms with Crippen molar-refractivity contribution in [1.82, 2.24) is 19.8 Å². The minimum Gasteiger partial charge on any atom is -0.373 e. The predicted molar refractivity (Wildman–Crippen MR) is 99.4 cm³/mol. The lowest BCUT2D eigenvalue weighted by atomic mass is 9.84. The van der Waals surface area contributed by atoms with E-state index in [0.717, 1.165) is 37.0 Å². The van der Waals surface area contributed by atoms with E-state index in [1.165, 1.54) is 4.57 Å². The number of rotatable bonds is 3. The molecule has 1 unspecified atom stereocenters. The number of carbonyl (C=O) groups is 2. The first kappa shape index (κ1) is 17.9. The standard InChI is InChI=1S/C19H24N4O4/c1-22-15-11-12(19(27-2)7-9-20-10-8-19)3-4-13(15)23(18(22)26)14-5-6-16(24)21-17(14)25/h3-4,11,14,20H,5-10H2,1-2H3,(H,21,24,25). The summed E-state index contributed by atoms with van der Waals surface area (Å²) in [7, 11) is 3.43. The van der Waals surface area contributed by atoms with E-state index < -0.39 is 11.9 Å². The average Bonchev–Trinajstić information content (AvgIpc) is 2.93. The largest absolute Gasteiger partial charge is 0.373 e. The van der Waals surface area contributed by atoms with Gasteiger partial charge in [-0.3, -0.25) is 24.0 Å². The summed E-state index contributed by atoms with van der Waals surface area (Å²) < 4.78 is 8.97. The van der Waals surface area contributed by atoms with Crippen molar-refractivity contribution in [3.63, 3.8) is 0 Å². The molecule has 2 saturated heterocycles. The lowest BCUT2D eigenvalue weighted by Crippen LogP contribution is -2.44. The molecule has 0 saturated carbocycles. The third kappa shape index (κ3) is 2.80. The first-order chi connectivity index (χ1) is 13.0. The van der Waals surface area contributed by atoms with Gasteiger partial charge in [0.25, 0.3) is 0 Å². The Morgan fingerprint density at radius 2 is 1.89 bits per heavy atom. The smallest absolute Gasteiger partial charge is 0.329 e. The third-order valence-corrected chi connectivity index (χ3v) is 5.94. The van der Waals surface area contributed by atoms with Crippen LogP contribution in [0.15, 0.2) is 23.0 Å². The van der Waals surface area contributed by atoms with Crippen LogP contribution in [0.4, 0.5) is 0 Å². The summed E-state index contributed by atoms with van der Waals surface area (Å²) in [5.74, 6) is -0.712. The van der Waals surface area contributed by atoms with Crippen molar-refractivity contribution in [2.24, 2.45) is 7.05 Å². The highest BCUT2D eigenvalue weighted by Gasteiger charge is 2.35. The second kappa shape index (κ2) is 6.61. The quantitative estimate of drug-likeness (QED) is 0.767. The first-order valence-corrected chi connectivity index (χ1v) is 9.28. The Kier molecular flexibility index (Phi) is 4.39. The van der Waals surface area contributed by atoms with Crippen LogP contribution in [0.2, 0.25) is 0 Å². The number of nitrogens with zero attached hydrogens (tertiary/aromatic N) is 2. The molecule has 1 atom stereocenters. The van der Waals surface area contributed by atoms with E-state index in [1.807, 2.05) is 18.2 Å². The summed E-state index contributed by atoms with van der Waals surface area (Å²) >= 11 is 0. The average molecular weight is 372 g/mol. The zero-order valence-electron chi connectivity index (χ0n) is 15.6. The Hall–Kier alpha value is -2.45. The van der Waals surface area contributed by atoms with Crippen LogP contribution in [-0.2, 0) is 27.0 Å². The Morgan fingerprint density at radius 3 is 2.56 bits per heavy atom. The summed E-state index contributed by atoms with van der Waals surface area (Å²) in [6.45, 7) is 1.75. The number of aromatic nitrogens is 2. The van der Waals surface area contributed by atoms with Gasteiger partial charge in [-0.25, -0.2) is 4.79 Å². The zero-order valence-corrected chi connectivity index (χ0v) is 15.6. The predicted octanol–water partition coefficient (Wildman–Crippen LogP) is 0.543. The number of imidazole rings is 1. The van der Waals surface area contributed by atoms with Crippen LogP contribution in [0.25, 0.3) is 11.0 Å². The van der Waals surface area contributed by atoms with Gasteiger partial charge in [0.2, 0.25) is 11.8 Å². The van der Waals surface area contributed by atoms with Crippen LogP contribution in [0.5, 0.6) is 0 Å². The second-order valence-electron chi connectivity index (χ2n) is 7.33. The van der Waals surface area contributed by atoms with Crippen molar-refractivity contribution in [3.05, 3.63) is 34.2 Å². The summed E-state index contributed by atoms with van der Waals surface area (Å²) in [6.07, 6.45) is 2.28. The monoisotopic (exact) mass is 372 g/mol. The molecule has 2 fully saturated rings. The van der Waals surface area contributed by atoms with Crippen molar-refractivity contribution < 1.29 is 14.3 Å². The highest BCUT2D eigenvalue weighted by Crippen LogP contribution is 2.36. The van der Waals surface area contributed by atoms with E-state index in [-0.39, 0.29) is 23.6 Å². The van der Waals surface area contributed by atoms with Gasteiger partial charge in [-0.05, 0) is 50.0 Å². The molecule has 0 aliphatic carbocycles. The van der Waals surface area contributed by atoms with Gasteiger partial charge in [0, 0.05) is 20.6 Å². The number of amides is 2. The number of ether oxygens (including phenoxy) is 1. The van der Waals surface area contributed by atoms with Crippen LogP contribution in [0.1, 0.15) is 37.3 Å². The van der Waals surface area contributed by atoms with Crippen LogP contribution >= 0.6 is 0 Å². The summed E-state index contributed by atoms with van der Waals surface area (Å²) in [5.41, 5.74) is 1.87. The van der Waals surface area contributed by atoms with E-state index in [2.05, 4.69) is 10.6 Å². The maximum Gasteiger partial charge on any atom is 0.329 e. The van der Waals surface area contributed by atoms with Crippen LogP contribution in [0.3, 0.4) is 0 Å². The molecule has 8 heteroatoms. The number of methoxy groups -OCH3 is 1. The van der Waals surface area contributed by atoms with Crippen molar-refractivity contribution in [2.75, 3.05) is 20.2 Å². The van der Waals surface area contributed by atoms with Gasteiger partial charge >= 0.3 is 5.69 Å². The molecule has 1 aromatic carbocycles. The van der Waals surface area contributed by atoms with Gasteiger partial charge in [-0.15, -0.1) is 0 Å². The fraction of sp³-hybridized carbons (Fsp3) is 0.526. The normalized spacial score (nSPS) is 22.8. The van der Waals surface area contributed by atoms with E-state index in [1.54, 1.807) is 18.7 Å². The van der Waals surface area contributed by atoms with Gasteiger partial charge in [-0.1, -0.05) is 6.07 Å². The number of imide groups is 1. The van der Waals surface area contributed by atoms with Crippen LogP contribution in [0, 0.1) is 0 Å². The fourth-order valence-corrected chi connectivity index (χ4v) is 4.32. The number of fused-ring (bicyclic) bond motifs is 1. The minimum absolute atomic E-state index is 0.233. The molecule has 2 aliphatic heterocycles. The van der Waals surface area contributed by atoms with E-state index in [9.17, 15) is 14.4 Å². The van der Waals surface area contributed by atoms with Crippen molar-refractivity contribution in [2.45, 2.75) is 37.3 Å². The van der Waals surface area contributed by atoms with Crippen molar-refractivity contribution in [1.29, 1.82) is 0 Å². The van der Waals surface area contributed by atoms with Crippen molar-refractivity contribution in [3.8, 4) is 0 Å². The second-order valence-corrected chi connectivity index (χ2v) is 7.33. The van der Waals surface area contributed by atoms with E-state index in [0.29, 0.717) is 11.9 Å². The molecule has 2 aromatic rings. The number of carbonyl (C=O) groups excluding carboxylic acids is 2. The lowest BCUT2D eigenvalue weighted by molar-refractivity contribution is -0.135. The maximum atomic E-state index is 12.9. The number of hydrogen-bond donors (Lipinski definition) is 2. The molecule has 0 bridgehead atoms. The molecule has 2 N–H and O–H groups in total. The molecule has 2 amide bonds. The number of aryl methyl sites for hydroxylation is 1. The molecule has 0 radical (unpaired) electrons. The number of piperidine rings is 2. The van der Waals surface area contributed by atoms with Crippen LogP contribution in [-0.4, -0.2) is 41.1 Å². The fourth-order valence-electron chi connectivity index (χ4n) is 4.32. The first-order valence-electron chi connectivity index (χ1n) is 9.28. The molecule has 2 aliphatic rings. The van der Waals surface area contributed by atoms with Gasteiger partial charge in [0.05, 0.1) is 16.6 Å². The SMILES string of the molecule is COC1(c2ccc3c(c2)n(C)c(=O)n3C2CCC(=O)NC2=O)CCNCC1. The van der Waals surface area contributed by atoms with Gasteiger partial charge in [0.1, 0.15) is 6.04 Å². The van der Waals surface area contributed by atoms with Crippen molar-refractivity contribution >= 4 is 22.8 Å². The number of benzene rings is 1. The molecule has 144 valence electrons. The highest BCUT2D eigenvalue weighted by atomic mass is 16.5. The van der Waals surface area contributed by atoms with Crippen LogP contribution < -0.4 is 16.3 Å².